The lowest BCUT2D eigenvalue weighted by atomic mass is 10.2. The van der Waals surface area contributed by atoms with E-state index in [-0.39, 0.29) is 5.82 Å². The summed E-state index contributed by atoms with van der Waals surface area (Å²) >= 11 is 0. The Morgan fingerprint density at radius 1 is 1.24 bits per heavy atom. The lowest BCUT2D eigenvalue weighted by Gasteiger charge is -2.17. The van der Waals surface area contributed by atoms with Crippen LogP contribution in [0.2, 0.25) is 0 Å². The molecule has 0 aliphatic rings. The average Bonchev–Trinajstić information content (AvgIpc) is 2.40. The van der Waals surface area contributed by atoms with Crippen LogP contribution in [0.4, 0.5) is 5.82 Å². The van der Waals surface area contributed by atoms with Gasteiger partial charge in [0.05, 0.1) is 0 Å². The molecule has 0 N–H and O–H groups in total. The fourth-order valence-electron chi connectivity index (χ4n) is 1.55. The second-order valence-electron chi connectivity index (χ2n) is 3.69. The maximum absolute atomic E-state index is 8.74. The van der Waals surface area contributed by atoms with Crippen molar-refractivity contribution in [1.82, 2.24) is 9.97 Å². The van der Waals surface area contributed by atoms with Crippen LogP contribution in [0.15, 0.2) is 42.6 Å². The van der Waals surface area contributed by atoms with Crippen molar-refractivity contribution < 1.29 is 0 Å². The summed E-state index contributed by atoms with van der Waals surface area (Å²) in [6.45, 7) is 0.753. The number of nitrogens with zero attached hydrogens (tertiary/aromatic N) is 4. The van der Waals surface area contributed by atoms with E-state index in [1.54, 1.807) is 12.3 Å². The summed E-state index contributed by atoms with van der Waals surface area (Å²) in [6.07, 6.45) is 1.60. The topological polar surface area (TPSA) is 52.8 Å². The highest BCUT2D eigenvalue weighted by Gasteiger charge is 2.04. The lowest BCUT2D eigenvalue weighted by Crippen LogP contribution is -2.18. The number of aromatic nitrogens is 2. The molecule has 0 bridgehead atoms. The molecule has 0 spiro atoms. The first kappa shape index (κ1) is 11.1. The summed E-state index contributed by atoms with van der Waals surface area (Å²) in [5.41, 5.74) is 1.20. The molecule has 0 radical (unpaired) electrons. The molecule has 0 saturated carbocycles. The van der Waals surface area contributed by atoms with Gasteiger partial charge in [-0.05, 0) is 11.6 Å². The third-order valence-corrected chi connectivity index (χ3v) is 2.39. The van der Waals surface area contributed by atoms with Crippen LogP contribution in [0.3, 0.4) is 0 Å². The molecule has 4 nitrogen and oxygen atoms in total. The minimum absolute atomic E-state index is 0.197. The summed E-state index contributed by atoms with van der Waals surface area (Å²) in [5, 5.41) is 8.74. The summed E-state index contributed by atoms with van der Waals surface area (Å²) in [7, 11) is 1.94. The molecule has 84 valence electrons. The van der Waals surface area contributed by atoms with Crippen LogP contribution < -0.4 is 4.90 Å². The molecular formula is C13H12N4. The van der Waals surface area contributed by atoms with E-state index in [2.05, 4.69) is 22.1 Å². The highest BCUT2D eigenvalue weighted by molar-refractivity contribution is 5.39. The van der Waals surface area contributed by atoms with Crippen molar-refractivity contribution in [3.8, 4) is 6.07 Å². The smallest absolute Gasteiger partial charge is 0.234 e. The molecule has 0 fully saturated rings. The van der Waals surface area contributed by atoms with Crippen molar-refractivity contribution in [3.05, 3.63) is 54.0 Å². The Labute approximate surface area is 100 Å². The minimum Gasteiger partial charge on any atom is -0.355 e. The molecule has 0 unspecified atom stereocenters. The van der Waals surface area contributed by atoms with E-state index in [9.17, 15) is 0 Å². The summed E-state index contributed by atoms with van der Waals surface area (Å²) in [5.74, 6) is 0.947. The highest BCUT2D eigenvalue weighted by Crippen LogP contribution is 2.11. The largest absolute Gasteiger partial charge is 0.355 e. The van der Waals surface area contributed by atoms with Crippen molar-refractivity contribution in [1.29, 1.82) is 5.26 Å². The monoisotopic (exact) mass is 224 g/mol. The second-order valence-corrected chi connectivity index (χ2v) is 3.69. The third kappa shape index (κ3) is 2.79. The molecule has 1 aromatic carbocycles. The first-order valence-corrected chi connectivity index (χ1v) is 5.28. The van der Waals surface area contributed by atoms with Crippen LogP contribution in [-0.2, 0) is 6.54 Å². The predicted octanol–water partition coefficient (Wildman–Crippen LogP) is 1.98. The highest BCUT2D eigenvalue weighted by atomic mass is 15.2. The molecule has 4 heteroatoms. The number of hydrogen-bond acceptors (Lipinski definition) is 4. The van der Waals surface area contributed by atoms with E-state index < -0.39 is 0 Å². The van der Waals surface area contributed by atoms with E-state index >= 15 is 0 Å². The van der Waals surface area contributed by atoms with Crippen LogP contribution in [0.25, 0.3) is 0 Å². The van der Waals surface area contributed by atoms with Gasteiger partial charge in [-0.1, -0.05) is 30.3 Å². The molecule has 0 aliphatic heterocycles. The predicted molar refractivity (Wildman–Crippen MR) is 65.3 cm³/mol. The van der Waals surface area contributed by atoms with E-state index in [4.69, 9.17) is 5.26 Å². The molecule has 0 amide bonds. The van der Waals surface area contributed by atoms with E-state index in [0.717, 1.165) is 12.4 Å². The Bertz CT molecular complexity index is 531. The fourth-order valence-corrected chi connectivity index (χ4v) is 1.55. The zero-order valence-electron chi connectivity index (χ0n) is 9.54. The van der Waals surface area contributed by atoms with Gasteiger partial charge in [-0.2, -0.15) is 5.26 Å². The van der Waals surface area contributed by atoms with Gasteiger partial charge < -0.3 is 4.90 Å². The Morgan fingerprint density at radius 2 is 2.00 bits per heavy atom. The first-order chi connectivity index (χ1) is 8.29. The van der Waals surface area contributed by atoms with Gasteiger partial charge >= 0.3 is 0 Å². The van der Waals surface area contributed by atoms with Gasteiger partial charge in [-0.25, -0.2) is 9.97 Å². The van der Waals surface area contributed by atoms with Crippen LogP contribution in [0, 0.1) is 11.3 Å². The fraction of sp³-hybridized carbons (Fsp3) is 0.154. The van der Waals surface area contributed by atoms with Crippen molar-refractivity contribution in [2.24, 2.45) is 0 Å². The van der Waals surface area contributed by atoms with E-state index in [1.807, 2.05) is 36.2 Å². The second kappa shape index (κ2) is 5.08. The molecule has 0 aliphatic carbocycles. The van der Waals surface area contributed by atoms with Gasteiger partial charge in [-0.3, -0.25) is 0 Å². The average molecular weight is 224 g/mol. The number of hydrogen-bond donors (Lipinski definition) is 0. The third-order valence-electron chi connectivity index (χ3n) is 2.39. The Balaban J connectivity index is 2.15. The van der Waals surface area contributed by atoms with Crippen LogP contribution in [0.5, 0.6) is 0 Å². The van der Waals surface area contributed by atoms with Gasteiger partial charge in [0.2, 0.25) is 5.82 Å². The maximum atomic E-state index is 8.74. The molecule has 1 aromatic heterocycles. The Kier molecular flexibility index (Phi) is 3.31. The number of rotatable bonds is 3. The zero-order valence-corrected chi connectivity index (χ0v) is 9.54. The molecule has 2 aromatic rings. The van der Waals surface area contributed by atoms with Gasteiger partial charge in [-0.15, -0.1) is 0 Å². The summed E-state index contributed by atoms with van der Waals surface area (Å²) in [4.78, 5) is 9.97. The van der Waals surface area contributed by atoms with Crippen LogP contribution in [-0.4, -0.2) is 17.0 Å². The number of nitriles is 1. The van der Waals surface area contributed by atoms with Crippen LogP contribution >= 0.6 is 0 Å². The van der Waals surface area contributed by atoms with Crippen LogP contribution in [0.1, 0.15) is 11.4 Å². The Hall–Kier alpha value is -2.41. The molecule has 2 rings (SSSR count). The molecule has 1 heterocycles. The number of benzene rings is 1. The molecular weight excluding hydrogens is 212 g/mol. The SMILES string of the molecule is CN(Cc1ccccc1)c1ccnc(C#N)n1. The molecule has 0 saturated heterocycles. The lowest BCUT2D eigenvalue weighted by molar-refractivity contribution is 0.886. The van der Waals surface area contributed by atoms with E-state index in [1.165, 1.54) is 5.56 Å². The normalized spacial score (nSPS) is 9.65. The maximum Gasteiger partial charge on any atom is 0.234 e. The van der Waals surface area contributed by atoms with Crippen molar-refractivity contribution in [2.75, 3.05) is 11.9 Å². The van der Waals surface area contributed by atoms with Gasteiger partial charge in [0.15, 0.2) is 0 Å². The van der Waals surface area contributed by atoms with Gasteiger partial charge in [0, 0.05) is 19.8 Å². The van der Waals surface area contributed by atoms with Crippen molar-refractivity contribution in [3.63, 3.8) is 0 Å². The summed E-state index contributed by atoms with van der Waals surface area (Å²) in [6, 6.07) is 13.8. The van der Waals surface area contributed by atoms with Crippen molar-refractivity contribution in [2.45, 2.75) is 6.54 Å². The molecule has 0 atom stereocenters. The zero-order chi connectivity index (χ0) is 12.1. The standard InChI is InChI=1S/C13H12N4/c1-17(10-11-5-3-2-4-6-11)13-7-8-15-12(9-14)16-13/h2-8H,10H2,1H3. The first-order valence-electron chi connectivity index (χ1n) is 5.28. The molecule has 17 heavy (non-hydrogen) atoms. The van der Waals surface area contributed by atoms with Gasteiger partial charge in [0.25, 0.3) is 0 Å². The minimum atomic E-state index is 0.197. The van der Waals surface area contributed by atoms with E-state index in [0.29, 0.717) is 0 Å². The number of anilines is 1. The summed E-state index contributed by atoms with van der Waals surface area (Å²) < 4.78 is 0. The Morgan fingerprint density at radius 3 is 2.71 bits per heavy atom. The van der Waals surface area contributed by atoms with Gasteiger partial charge in [0.1, 0.15) is 11.9 Å². The van der Waals surface area contributed by atoms with Crippen molar-refractivity contribution >= 4 is 5.82 Å². The quantitative estimate of drug-likeness (QED) is 0.800.